The second kappa shape index (κ2) is 11.3. The predicted octanol–water partition coefficient (Wildman–Crippen LogP) is 5.37. The van der Waals surface area contributed by atoms with Crippen molar-refractivity contribution >= 4 is 6.41 Å². The zero-order valence-corrected chi connectivity index (χ0v) is 21.2. The molecule has 2 heterocycles. The van der Waals surface area contributed by atoms with Crippen LogP contribution in [0.2, 0.25) is 0 Å². The number of aromatic nitrogens is 1. The topological polar surface area (TPSA) is 54.9 Å². The molecule has 1 aliphatic heterocycles. The van der Waals surface area contributed by atoms with E-state index < -0.39 is 0 Å². The predicted molar refractivity (Wildman–Crippen MR) is 145 cm³/mol. The maximum absolute atomic E-state index is 11.9. The average molecular weight is 494 g/mol. The molecule has 0 spiro atoms. The fraction of sp³-hybridized carbons (Fsp3) is 0.226. The van der Waals surface area contributed by atoms with Crippen LogP contribution < -0.4 is 9.47 Å². The molecule has 6 heteroatoms. The molecule has 5 rings (SSSR count). The largest absolute Gasteiger partial charge is 0.497 e. The van der Waals surface area contributed by atoms with Gasteiger partial charge < -0.3 is 14.4 Å². The molecule has 37 heavy (non-hydrogen) atoms. The van der Waals surface area contributed by atoms with Crippen molar-refractivity contribution in [2.45, 2.75) is 12.1 Å². The van der Waals surface area contributed by atoms with E-state index in [1.54, 1.807) is 14.2 Å². The van der Waals surface area contributed by atoms with Crippen LogP contribution in [0.3, 0.4) is 0 Å². The Labute approximate surface area is 218 Å². The number of carbonyl (C=O) groups is 1. The van der Waals surface area contributed by atoms with E-state index in [0.717, 1.165) is 35.5 Å². The molecule has 0 bridgehead atoms. The maximum Gasteiger partial charge on any atom is 0.218 e. The number of hydrogen-bond acceptors (Lipinski definition) is 5. The zero-order valence-electron chi connectivity index (χ0n) is 21.2. The molecule has 0 aliphatic carbocycles. The first-order valence-electron chi connectivity index (χ1n) is 12.5. The van der Waals surface area contributed by atoms with Crippen LogP contribution in [-0.2, 0) is 4.79 Å². The third kappa shape index (κ3) is 5.20. The lowest BCUT2D eigenvalue weighted by atomic mass is 9.92. The molecule has 0 saturated carbocycles. The van der Waals surface area contributed by atoms with Gasteiger partial charge in [-0.3, -0.25) is 9.69 Å². The molecule has 3 aromatic carbocycles. The first kappa shape index (κ1) is 24.5. The standard InChI is InChI=1S/C31H31N3O3/c1-36-26-15-9-14-25(20-26)28-17-16-27(31(32-28)37-2)29-21-33(22-35)18-19-34(29)30(23-10-5-3-6-11-23)24-12-7-4-8-13-24/h3-17,20,22,29-30H,18-19,21H2,1-2H3. The summed E-state index contributed by atoms with van der Waals surface area (Å²) < 4.78 is 11.2. The number of amides is 1. The number of benzene rings is 3. The summed E-state index contributed by atoms with van der Waals surface area (Å²) in [4.78, 5) is 21.1. The van der Waals surface area contributed by atoms with E-state index in [4.69, 9.17) is 14.5 Å². The fourth-order valence-electron chi connectivity index (χ4n) is 5.16. The summed E-state index contributed by atoms with van der Waals surface area (Å²) in [6.45, 7) is 1.93. The van der Waals surface area contributed by atoms with Gasteiger partial charge in [-0.15, -0.1) is 0 Å². The molecule has 1 aromatic heterocycles. The van der Waals surface area contributed by atoms with E-state index >= 15 is 0 Å². The molecule has 1 aliphatic rings. The Hall–Kier alpha value is -4.16. The van der Waals surface area contributed by atoms with E-state index in [2.05, 4.69) is 59.5 Å². The smallest absolute Gasteiger partial charge is 0.218 e. The van der Waals surface area contributed by atoms with Crippen LogP contribution in [-0.4, -0.2) is 55.0 Å². The minimum Gasteiger partial charge on any atom is -0.497 e. The van der Waals surface area contributed by atoms with Crippen molar-refractivity contribution < 1.29 is 14.3 Å². The van der Waals surface area contributed by atoms with E-state index in [9.17, 15) is 4.79 Å². The average Bonchev–Trinajstić information content (AvgIpc) is 2.98. The Balaban J connectivity index is 1.59. The summed E-state index contributed by atoms with van der Waals surface area (Å²) >= 11 is 0. The van der Waals surface area contributed by atoms with Gasteiger partial charge in [-0.2, -0.15) is 0 Å². The van der Waals surface area contributed by atoms with E-state index in [-0.39, 0.29) is 12.1 Å². The van der Waals surface area contributed by atoms with Gasteiger partial charge in [-0.05, 0) is 35.4 Å². The Kier molecular flexibility index (Phi) is 7.47. The third-order valence-corrected chi connectivity index (χ3v) is 6.97. The van der Waals surface area contributed by atoms with Gasteiger partial charge in [-0.25, -0.2) is 4.98 Å². The van der Waals surface area contributed by atoms with Gasteiger partial charge in [0.05, 0.1) is 32.0 Å². The summed E-state index contributed by atoms with van der Waals surface area (Å²) in [7, 11) is 3.31. The monoisotopic (exact) mass is 493 g/mol. The lowest BCUT2D eigenvalue weighted by Gasteiger charge is -2.45. The van der Waals surface area contributed by atoms with Gasteiger partial charge in [0, 0.05) is 30.8 Å². The van der Waals surface area contributed by atoms with Crippen LogP contribution in [0.25, 0.3) is 11.3 Å². The third-order valence-electron chi connectivity index (χ3n) is 6.97. The van der Waals surface area contributed by atoms with Crippen molar-refractivity contribution in [1.29, 1.82) is 0 Å². The molecule has 1 saturated heterocycles. The van der Waals surface area contributed by atoms with Gasteiger partial charge in [0.15, 0.2) is 0 Å². The minimum absolute atomic E-state index is 0.0176. The lowest BCUT2D eigenvalue weighted by molar-refractivity contribution is -0.121. The van der Waals surface area contributed by atoms with Crippen LogP contribution in [0.15, 0.2) is 97.1 Å². The zero-order chi connectivity index (χ0) is 25.6. The summed E-state index contributed by atoms with van der Waals surface area (Å²) in [6.07, 6.45) is 0.939. The molecule has 4 aromatic rings. The van der Waals surface area contributed by atoms with E-state index in [0.29, 0.717) is 19.0 Å². The number of pyridine rings is 1. The summed E-state index contributed by atoms with van der Waals surface area (Å²) in [5.41, 5.74) is 5.12. The summed E-state index contributed by atoms with van der Waals surface area (Å²) in [5.74, 6) is 1.33. The molecule has 1 unspecified atom stereocenters. The number of methoxy groups -OCH3 is 2. The number of carbonyl (C=O) groups excluding carboxylic acids is 1. The number of nitrogens with zero attached hydrogens (tertiary/aromatic N) is 3. The van der Waals surface area contributed by atoms with Gasteiger partial charge >= 0.3 is 0 Å². The van der Waals surface area contributed by atoms with E-state index in [1.165, 1.54) is 11.1 Å². The molecule has 1 fully saturated rings. The van der Waals surface area contributed by atoms with Gasteiger partial charge in [0.2, 0.25) is 12.3 Å². The fourth-order valence-corrected chi connectivity index (χ4v) is 5.16. The van der Waals surface area contributed by atoms with Gasteiger partial charge in [-0.1, -0.05) is 72.8 Å². The number of hydrogen-bond donors (Lipinski definition) is 0. The van der Waals surface area contributed by atoms with E-state index in [1.807, 2.05) is 47.4 Å². The molecule has 0 radical (unpaired) electrons. The first-order chi connectivity index (χ1) is 18.2. The van der Waals surface area contributed by atoms with Crippen molar-refractivity contribution in [3.8, 4) is 22.9 Å². The van der Waals surface area contributed by atoms with Gasteiger partial charge in [0.1, 0.15) is 5.75 Å². The molecule has 1 atom stereocenters. The molecular weight excluding hydrogens is 462 g/mol. The van der Waals surface area contributed by atoms with Crippen LogP contribution in [0.4, 0.5) is 0 Å². The number of piperazine rings is 1. The SMILES string of the molecule is COc1cccc(-c2ccc(C3CN(C=O)CCN3C(c3ccccc3)c3ccccc3)c(OC)n2)c1. The highest BCUT2D eigenvalue weighted by molar-refractivity contribution is 5.62. The number of rotatable bonds is 8. The summed E-state index contributed by atoms with van der Waals surface area (Å²) in [6, 6.07) is 32.9. The highest BCUT2D eigenvalue weighted by atomic mass is 16.5. The first-order valence-corrected chi connectivity index (χ1v) is 12.5. The van der Waals surface area contributed by atoms with Crippen LogP contribution in [0.5, 0.6) is 11.6 Å². The minimum atomic E-state index is -0.105. The van der Waals surface area contributed by atoms with Crippen LogP contribution in [0, 0.1) is 0 Å². The molecule has 6 nitrogen and oxygen atoms in total. The number of ether oxygens (including phenoxy) is 2. The Morgan fingerprint density at radius 2 is 1.54 bits per heavy atom. The maximum atomic E-state index is 11.9. The summed E-state index contributed by atoms with van der Waals surface area (Å²) in [5, 5.41) is 0. The molecule has 1 amide bonds. The lowest BCUT2D eigenvalue weighted by Crippen LogP contribution is -2.49. The Morgan fingerprint density at radius 3 is 2.16 bits per heavy atom. The van der Waals surface area contributed by atoms with Crippen molar-refractivity contribution in [2.24, 2.45) is 0 Å². The Morgan fingerprint density at radius 1 is 0.838 bits per heavy atom. The quantitative estimate of drug-likeness (QED) is 0.309. The van der Waals surface area contributed by atoms with Gasteiger partial charge in [0.25, 0.3) is 0 Å². The van der Waals surface area contributed by atoms with Crippen molar-refractivity contribution in [1.82, 2.24) is 14.8 Å². The second-order valence-electron chi connectivity index (χ2n) is 9.10. The highest BCUT2D eigenvalue weighted by Gasteiger charge is 2.36. The molecule has 188 valence electrons. The van der Waals surface area contributed by atoms with Crippen LogP contribution in [0.1, 0.15) is 28.8 Å². The molecular formula is C31H31N3O3. The second-order valence-corrected chi connectivity index (χ2v) is 9.10. The normalized spacial score (nSPS) is 16.0. The van der Waals surface area contributed by atoms with Crippen molar-refractivity contribution in [2.75, 3.05) is 33.9 Å². The van der Waals surface area contributed by atoms with Crippen molar-refractivity contribution in [3.05, 3.63) is 114 Å². The van der Waals surface area contributed by atoms with Crippen molar-refractivity contribution in [3.63, 3.8) is 0 Å². The Bertz CT molecular complexity index is 1290. The highest BCUT2D eigenvalue weighted by Crippen LogP contribution is 2.40. The van der Waals surface area contributed by atoms with Crippen LogP contribution >= 0.6 is 0 Å². The molecule has 0 N–H and O–H groups in total.